The average molecular weight is 170 g/mol. The van der Waals surface area contributed by atoms with Crippen LogP contribution in [0, 0.1) is 11.3 Å². The summed E-state index contributed by atoms with van der Waals surface area (Å²) < 4.78 is 4.93. The summed E-state index contributed by atoms with van der Waals surface area (Å²) in [4.78, 5) is 0. The Morgan fingerprint density at radius 3 is 2.58 bits per heavy atom. The van der Waals surface area contributed by atoms with E-state index in [1.54, 1.807) is 7.11 Å². The first-order valence-electron chi connectivity index (χ1n) is 4.33. The zero-order valence-electron chi connectivity index (χ0n) is 8.18. The summed E-state index contributed by atoms with van der Waals surface area (Å²) >= 11 is 0. The predicted octanol–water partition coefficient (Wildman–Crippen LogP) is 1.30. The van der Waals surface area contributed by atoms with E-state index in [1.165, 1.54) is 0 Å². The molecule has 0 rings (SSSR count). The van der Waals surface area contributed by atoms with Gasteiger partial charge in [0.05, 0.1) is 6.07 Å². The topological polar surface area (TPSA) is 45.0 Å². The lowest BCUT2D eigenvalue weighted by atomic mass is 9.92. The smallest absolute Gasteiger partial charge is 0.106 e. The quantitative estimate of drug-likeness (QED) is 0.611. The van der Waals surface area contributed by atoms with Gasteiger partial charge in [-0.2, -0.15) is 5.26 Å². The fourth-order valence-corrected chi connectivity index (χ4v) is 1.19. The second-order valence-electron chi connectivity index (χ2n) is 2.89. The van der Waals surface area contributed by atoms with Gasteiger partial charge in [0.15, 0.2) is 0 Å². The van der Waals surface area contributed by atoms with Crippen LogP contribution in [0.25, 0.3) is 0 Å². The van der Waals surface area contributed by atoms with E-state index >= 15 is 0 Å². The minimum atomic E-state index is -0.349. The minimum Gasteiger partial charge on any atom is -0.385 e. The fourth-order valence-electron chi connectivity index (χ4n) is 1.19. The van der Waals surface area contributed by atoms with E-state index in [1.807, 2.05) is 14.0 Å². The highest BCUT2D eigenvalue weighted by Crippen LogP contribution is 2.15. The molecule has 0 bridgehead atoms. The molecule has 0 saturated heterocycles. The lowest BCUT2D eigenvalue weighted by Gasteiger charge is -2.23. The van der Waals surface area contributed by atoms with Crippen molar-refractivity contribution >= 4 is 0 Å². The van der Waals surface area contributed by atoms with Crippen molar-refractivity contribution in [3.05, 3.63) is 0 Å². The third-order valence-corrected chi connectivity index (χ3v) is 2.25. The molecule has 70 valence electrons. The molecule has 1 N–H and O–H groups in total. The highest BCUT2D eigenvalue weighted by molar-refractivity contribution is 5.05. The van der Waals surface area contributed by atoms with Crippen LogP contribution in [0.1, 0.15) is 26.2 Å². The Bertz CT molecular complexity index is 147. The van der Waals surface area contributed by atoms with Gasteiger partial charge in [-0.1, -0.05) is 6.92 Å². The molecule has 0 aliphatic heterocycles. The molecule has 0 heterocycles. The molecular formula is C9H18N2O. The summed E-state index contributed by atoms with van der Waals surface area (Å²) in [6.45, 7) is 2.75. The molecule has 3 nitrogen and oxygen atoms in total. The first-order valence-corrected chi connectivity index (χ1v) is 4.33. The molecule has 0 saturated carbocycles. The second-order valence-corrected chi connectivity index (χ2v) is 2.89. The number of hydrogen-bond acceptors (Lipinski definition) is 3. The van der Waals surface area contributed by atoms with Crippen molar-refractivity contribution in [3.63, 3.8) is 0 Å². The highest BCUT2D eigenvalue weighted by Gasteiger charge is 2.24. The van der Waals surface area contributed by atoms with Crippen LogP contribution in [-0.2, 0) is 4.74 Å². The van der Waals surface area contributed by atoms with Gasteiger partial charge in [0.25, 0.3) is 0 Å². The van der Waals surface area contributed by atoms with E-state index < -0.39 is 0 Å². The lowest BCUT2D eigenvalue weighted by molar-refractivity contribution is 0.184. The zero-order chi connectivity index (χ0) is 9.45. The fraction of sp³-hybridized carbons (Fsp3) is 0.889. The van der Waals surface area contributed by atoms with Crippen LogP contribution < -0.4 is 5.32 Å². The summed E-state index contributed by atoms with van der Waals surface area (Å²) in [5.41, 5.74) is -0.349. The maximum Gasteiger partial charge on any atom is 0.106 e. The van der Waals surface area contributed by atoms with E-state index in [-0.39, 0.29) is 5.54 Å². The number of hydrogen-bond donors (Lipinski definition) is 1. The molecule has 0 aromatic carbocycles. The van der Waals surface area contributed by atoms with Gasteiger partial charge in [-0.05, 0) is 26.3 Å². The molecule has 1 unspecified atom stereocenters. The molecule has 0 amide bonds. The third-order valence-electron chi connectivity index (χ3n) is 2.25. The maximum absolute atomic E-state index is 8.92. The van der Waals surface area contributed by atoms with E-state index in [9.17, 15) is 0 Å². The highest BCUT2D eigenvalue weighted by atomic mass is 16.5. The normalized spacial score (nSPS) is 15.2. The van der Waals surface area contributed by atoms with Crippen molar-refractivity contribution < 1.29 is 4.74 Å². The van der Waals surface area contributed by atoms with Crippen molar-refractivity contribution in [1.82, 2.24) is 5.32 Å². The summed E-state index contributed by atoms with van der Waals surface area (Å²) in [5.74, 6) is 0. The molecule has 12 heavy (non-hydrogen) atoms. The van der Waals surface area contributed by atoms with Crippen molar-refractivity contribution in [2.75, 3.05) is 20.8 Å². The summed E-state index contributed by atoms with van der Waals surface area (Å²) in [6, 6.07) is 2.31. The molecule has 0 aromatic heterocycles. The van der Waals surface area contributed by atoms with E-state index in [0.717, 1.165) is 25.9 Å². The lowest BCUT2D eigenvalue weighted by Crippen LogP contribution is -2.40. The van der Waals surface area contributed by atoms with Gasteiger partial charge in [-0.15, -0.1) is 0 Å². The first kappa shape index (κ1) is 11.4. The SMILES string of the molecule is CCC(C#N)(CCCOC)NC. The van der Waals surface area contributed by atoms with Crippen molar-refractivity contribution in [3.8, 4) is 6.07 Å². The summed E-state index contributed by atoms with van der Waals surface area (Å²) in [7, 11) is 3.51. The largest absolute Gasteiger partial charge is 0.385 e. The monoisotopic (exact) mass is 170 g/mol. The Kier molecular flexibility index (Phi) is 5.69. The number of methoxy groups -OCH3 is 1. The van der Waals surface area contributed by atoms with Crippen LogP contribution in [0.3, 0.4) is 0 Å². The molecule has 1 atom stereocenters. The van der Waals surface area contributed by atoms with E-state index in [2.05, 4.69) is 11.4 Å². The number of nitrogens with one attached hydrogen (secondary N) is 1. The minimum absolute atomic E-state index is 0.349. The van der Waals surface area contributed by atoms with Gasteiger partial charge in [-0.25, -0.2) is 0 Å². The van der Waals surface area contributed by atoms with Crippen molar-refractivity contribution in [2.45, 2.75) is 31.7 Å². The Balaban J connectivity index is 3.87. The molecule has 0 fully saturated rings. The Labute approximate surface area is 74.7 Å². The van der Waals surface area contributed by atoms with Crippen LogP contribution in [-0.4, -0.2) is 26.3 Å². The standard InChI is InChI=1S/C9H18N2O/c1-4-9(8-10,11-2)6-5-7-12-3/h11H,4-7H2,1-3H3. The Hall–Kier alpha value is -0.590. The van der Waals surface area contributed by atoms with Gasteiger partial charge < -0.3 is 10.1 Å². The third kappa shape index (κ3) is 3.21. The summed E-state index contributed by atoms with van der Waals surface area (Å²) in [5, 5.41) is 12.0. The molecule has 0 spiro atoms. The number of nitrogens with zero attached hydrogens (tertiary/aromatic N) is 1. The van der Waals surface area contributed by atoms with Gasteiger partial charge in [0, 0.05) is 13.7 Å². The number of ether oxygens (including phenoxy) is 1. The molecular weight excluding hydrogens is 152 g/mol. The molecule has 0 aliphatic rings. The summed E-state index contributed by atoms with van der Waals surface area (Å²) in [6.07, 6.45) is 2.62. The van der Waals surface area contributed by atoms with Crippen LogP contribution in [0.5, 0.6) is 0 Å². The number of rotatable bonds is 6. The van der Waals surface area contributed by atoms with Crippen molar-refractivity contribution in [1.29, 1.82) is 5.26 Å². The van der Waals surface area contributed by atoms with Gasteiger partial charge >= 0.3 is 0 Å². The molecule has 0 aliphatic carbocycles. The van der Waals surface area contributed by atoms with Crippen LogP contribution >= 0.6 is 0 Å². The maximum atomic E-state index is 8.92. The molecule has 3 heteroatoms. The van der Waals surface area contributed by atoms with Crippen LogP contribution in [0.4, 0.5) is 0 Å². The Morgan fingerprint density at radius 1 is 1.58 bits per heavy atom. The van der Waals surface area contributed by atoms with Crippen LogP contribution in [0.15, 0.2) is 0 Å². The second kappa shape index (κ2) is 5.99. The first-order chi connectivity index (χ1) is 5.74. The number of nitriles is 1. The van der Waals surface area contributed by atoms with Gasteiger partial charge in [0.1, 0.15) is 5.54 Å². The van der Waals surface area contributed by atoms with Crippen LogP contribution in [0.2, 0.25) is 0 Å². The Morgan fingerprint density at radius 2 is 2.25 bits per heavy atom. The zero-order valence-corrected chi connectivity index (χ0v) is 8.18. The predicted molar refractivity (Wildman–Crippen MR) is 48.8 cm³/mol. The van der Waals surface area contributed by atoms with Crippen molar-refractivity contribution in [2.24, 2.45) is 0 Å². The molecule has 0 radical (unpaired) electrons. The average Bonchev–Trinajstić information content (AvgIpc) is 2.14. The van der Waals surface area contributed by atoms with E-state index in [0.29, 0.717) is 0 Å². The molecule has 0 aromatic rings. The van der Waals surface area contributed by atoms with Gasteiger partial charge in [0.2, 0.25) is 0 Å². The van der Waals surface area contributed by atoms with Gasteiger partial charge in [-0.3, -0.25) is 0 Å². The van der Waals surface area contributed by atoms with E-state index in [4.69, 9.17) is 10.00 Å².